The minimum absolute atomic E-state index is 0.515. The van der Waals surface area contributed by atoms with Crippen LogP contribution in [0.25, 0.3) is 0 Å². The van der Waals surface area contributed by atoms with E-state index >= 15 is 0 Å². The van der Waals surface area contributed by atoms with Crippen LogP contribution in [-0.4, -0.2) is 35.2 Å². The predicted octanol–water partition coefficient (Wildman–Crippen LogP) is 3.22. The summed E-state index contributed by atoms with van der Waals surface area (Å²) in [6.45, 7) is 13.6. The number of allylic oxidation sites excluding steroid dienone is 1. The Balaban J connectivity index is 3.79. The highest BCUT2D eigenvalue weighted by Gasteiger charge is 2.11. The Labute approximate surface area is 101 Å². The second kappa shape index (κ2) is 7.86. The number of hydrogen-bond donors (Lipinski definition) is 1. The average molecular weight is 227 g/mol. The van der Waals surface area contributed by atoms with Crippen molar-refractivity contribution in [2.75, 3.05) is 19.6 Å². The van der Waals surface area contributed by atoms with Crippen molar-refractivity contribution in [3.05, 3.63) is 11.6 Å². The van der Waals surface area contributed by atoms with Crippen LogP contribution in [0.1, 0.15) is 53.9 Å². The predicted molar refractivity (Wildman–Crippen MR) is 71.7 cm³/mol. The van der Waals surface area contributed by atoms with Gasteiger partial charge in [-0.05, 0) is 53.1 Å². The standard InChI is InChI=1S/C14H29NO/c1-6-15(7-2)12-10-13(3)9-8-11-14(4,5)16/h10,16H,6-9,11-12H2,1-5H3/b13-10-. The molecule has 0 amide bonds. The summed E-state index contributed by atoms with van der Waals surface area (Å²) >= 11 is 0. The molecule has 0 aromatic heterocycles. The van der Waals surface area contributed by atoms with Gasteiger partial charge in [-0.1, -0.05) is 25.5 Å². The highest BCUT2D eigenvalue weighted by atomic mass is 16.3. The lowest BCUT2D eigenvalue weighted by Gasteiger charge is -2.17. The van der Waals surface area contributed by atoms with E-state index in [0.29, 0.717) is 0 Å². The molecule has 0 aliphatic carbocycles. The number of rotatable bonds is 8. The third-order valence-corrected chi connectivity index (χ3v) is 2.95. The number of hydrogen-bond acceptors (Lipinski definition) is 2. The molecule has 0 saturated carbocycles. The molecule has 0 atom stereocenters. The highest BCUT2D eigenvalue weighted by Crippen LogP contribution is 2.15. The fourth-order valence-corrected chi connectivity index (χ4v) is 1.67. The lowest BCUT2D eigenvalue weighted by molar-refractivity contribution is 0.0689. The second-order valence-electron chi connectivity index (χ2n) is 5.20. The zero-order valence-corrected chi connectivity index (χ0v) is 11.7. The van der Waals surface area contributed by atoms with E-state index in [2.05, 4.69) is 31.7 Å². The van der Waals surface area contributed by atoms with E-state index in [-0.39, 0.29) is 0 Å². The van der Waals surface area contributed by atoms with Gasteiger partial charge in [0, 0.05) is 6.54 Å². The fourth-order valence-electron chi connectivity index (χ4n) is 1.67. The van der Waals surface area contributed by atoms with E-state index in [9.17, 15) is 5.11 Å². The maximum Gasteiger partial charge on any atom is 0.0591 e. The summed E-state index contributed by atoms with van der Waals surface area (Å²) in [5.41, 5.74) is 0.926. The monoisotopic (exact) mass is 227 g/mol. The molecule has 0 fully saturated rings. The van der Waals surface area contributed by atoms with Gasteiger partial charge >= 0.3 is 0 Å². The molecule has 0 aromatic carbocycles. The van der Waals surface area contributed by atoms with Gasteiger partial charge in [-0.15, -0.1) is 0 Å². The molecule has 0 spiro atoms. The first-order valence-corrected chi connectivity index (χ1v) is 6.49. The van der Waals surface area contributed by atoms with Gasteiger partial charge in [0.25, 0.3) is 0 Å². The molecule has 0 aliphatic heterocycles. The maximum absolute atomic E-state index is 9.60. The minimum atomic E-state index is -0.515. The topological polar surface area (TPSA) is 23.5 Å². The third-order valence-electron chi connectivity index (χ3n) is 2.95. The molecule has 0 unspecified atom stereocenters. The number of aliphatic hydroxyl groups is 1. The normalized spacial score (nSPS) is 13.6. The van der Waals surface area contributed by atoms with Crippen molar-refractivity contribution in [3.8, 4) is 0 Å². The van der Waals surface area contributed by atoms with Crippen molar-refractivity contribution in [2.45, 2.75) is 59.5 Å². The van der Waals surface area contributed by atoms with E-state index in [4.69, 9.17) is 0 Å². The molecule has 96 valence electrons. The Morgan fingerprint density at radius 3 is 2.25 bits per heavy atom. The molecule has 2 nitrogen and oxygen atoms in total. The Kier molecular flexibility index (Phi) is 7.69. The van der Waals surface area contributed by atoms with Crippen LogP contribution < -0.4 is 0 Å². The van der Waals surface area contributed by atoms with Gasteiger partial charge in [-0.3, -0.25) is 0 Å². The molecule has 2 heteroatoms. The van der Waals surface area contributed by atoms with E-state index in [1.165, 1.54) is 5.57 Å². The second-order valence-corrected chi connectivity index (χ2v) is 5.20. The van der Waals surface area contributed by atoms with Gasteiger partial charge < -0.3 is 10.0 Å². The summed E-state index contributed by atoms with van der Waals surface area (Å²) in [4.78, 5) is 2.40. The SMILES string of the molecule is CCN(CC)C/C=C(/C)CCCC(C)(C)O. The first-order valence-electron chi connectivity index (χ1n) is 6.49. The zero-order valence-electron chi connectivity index (χ0n) is 11.7. The van der Waals surface area contributed by atoms with Crippen LogP contribution >= 0.6 is 0 Å². The van der Waals surface area contributed by atoms with Crippen molar-refractivity contribution >= 4 is 0 Å². The van der Waals surface area contributed by atoms with Gasteiger partial charge in [0.15, 0.2) is 0 Å². The lowest BCUT2D eigenvalue weighted by atomic mass is 9.99. The third kappa shape index (κ3) is 8.93. The molecule has 16 heavy (non-hydrogen) atoms. The molecular weight excluding hydrogens is 198 g/mol. The van der Waals surface area contributed by atoms with Crippen molar-refractivity contribution in [1.82, 2.24) is 4.90 Å². The Bertz CT molecular complexity index is 199. The maximum atomic E-state index is 9.60. The highest BCUT2D eigenvalue weighted by molar-refractivity contribution is 4.99. The molecule has 0 radical (unpaired) electrons. The van der Waals surface area contributed by atoms with Crippen molar-refractivity contribution in [3.63, 3.8) is 0 Å². The largest absolute Gasteiger partial charge is 0.390 e. The fraction of sp³-hybridized carbons (Fsp3) is 0.857. The summed E-state index contributed by atoms with van der Waals surface area (Å²) in [6.07, 6.45) is 5.37. The van der Waals surface area contributed by atoms with Crippen molar-refractivity contribution < 1.29 is 5.11 Å². The van der Waals surface area contributed by atoms with E-state index in [1.807, 2.05) is 13.8 Å². The summed E-state index contributed by atoms with van der Waals surface area (Å²) in [5, 5.41) is 9.60. The van der Waals surface area contributed by atoms with Gasteiger partial charge in [0.05, 0.1) is 5.60 Å². The lowest BCUT2D eigenvalue weighted by Crippen LogP contribution is -2.22. The summed E-state index contributed by atoms with van der Waals surface area (Å²) in [7, 11) is 0. The van der Waals surface area contributed by atoms with Gasteiger partial charge in [0.1, 0.15) is 0 Å². The van der Waals surface area contributed by atoms with Crippen LogP contribution in [0.2, 0.25) is 0 Å². The zero-order chi connectivity index (χ0) is 12.6. The van der Waals surface area contributed by atoms with E-state index in [1.54, 1.807) is 0 Å². The average Bonchev–Trinajstić information content (AvgIpc) is 2.17. The van der Waals surface area contributed by atoms with Crippen LogP contribution in [0.15, 0.2) is 11.6 Å². The Hall–Kier alpha value is -0.340. The number of nitrogens with zero attached hydrogens (tertiary/aromatic N) is 1. The summed E-state index contributed by atoms with van der Waals surface area (Å²) in [5.74, 6) is 0. The van der Waals surface area contributed by atoms with Crippen LogP contribution in [0.3, 0.4) is 0 Å². The van der Waals surface area contributed by atoms with E-state index < -0.39 is 5.60 Å². The van der Waals surface area contributed by atoms with Crippen molar-refractivity contribution in [1.29, 1.82) is 0 Å². The molecule has 0 saturated heterocycles. The first kappa shape index (κ1) is 15.7. The van der Waals surface area contributed by atoms with Gasteiger partial charge in [0.2, 0.25) is 0 Å². The molecule has 0 aromatic rings. The smallest absolute Gasteiger partial charge is 0.0591 e. The molecule has 0 bridgehead atoms. The van der Waals surface area contributed by atoms with E-state index in [0.717, 1.165) is 38.9 Å². The van der Waals surface area contributed by atoms with Crippen LogP contribution in [-0.2, 0) is 0 Å². The molecule has 1 N–H and O–H groups in total. The van der Waals surface area contributed by atoms with Crippen LogP contribution in [0.5, 0.6) is 0 Å². The van der Waals surface area contributed by atoms with Crippen molar-refractivity contribution in [2.24, 2.45) is 0 Å². The molecule has 0 rings (SSSR count). The molecule has 0 heterocycles. The summed E-state index contributed by atoms with van der Waals surface area (Å²) < 4.78 is 0. The quantitative estimate of drug-likeness (QED) is 0.644. The minimum Gasteiger partial charge on any atom is -0.390 e. The Morgan fingerprint density at radius 1 is 1.25 bits per heavy atom. The molecular formula is C14H29NO. The summed E-state index contributed by atoms with van der Waals surface area (Å²) in [6, 6.07) is 0. The van der Waals surface area contributed by atoms with Crippen LogP contribution in [0.4, 0.5) is 0 Å². The first-order chi connectivity index (χ1) is 7.39. The molecule has 0 aliphatic rings. The van der Waals surface area contributed by atoms with Crippen LogP contribution in [0, 0.1) is 0 Å². The number of likely N-dealkylation sites (N-methyl/N-ethyl adjacent to an activating group) is 1. The van der Waals surface area contributed by atoms with Gasteiger partial charge in [-0.2, -0.15) is 0 Å². The Morgan fingerprint density at radius 2 is 1.81 bits per heavy atom. The van der Waals surface area contributed by atoms with Gasteiger partial charge in [-0.25, -0.2) is 0 Å².